The molecule has 1 aliphatic heterocycles. The van der Waals surface area contributed by atoms with Crippen molar-refractivity contribution in [1.29, 1.82) is 0 Å². The van der Waals surface area contributed by atoms with Gasteiger partial charge in [-0.1, -0.05) is 24.8 Å². The summed E-state index contributed by atoms with van der Waals surface area (Å²) in [6, 6.07) is 3.50. The fourth-order valence-electron chi connectivity index (χ4n) is 3.38. The number of hydrogen-bond acceptors (Lipinski definition) is 8. The van der Waals surface area contributed by atoms with Gasteiger partial charge in [0.05, 0.1) is 0 Å². The van der Waals surface area contributed by atoms with Crippen LogP contribution in [0.2, 0.25) is 0 Å². The molecule has 1 fully saturated rings. The Bertz CT molecular complexity index is 890. The van der Waals surface area contributed by atoms with Crippen molar-refractivity contribution in [3.63, 3.8) is 0 Å². The van der Waals surface area contributed by atoms with E-state index in [4.69, 9.17) is 0 Å². The molecule has 0 spiro atoms. The second-order valence-corrected chi connectivity index (χ2v) is 8.56. The number of rotatable bonds is 11. The summed E-state index contributed by atoms with van der Waals surface area (Å²) in [6.45, 7) is 5.82. The van der Waals surface area contributed by atoms with Gasteiger partial charge in [-0.05, 0) is 25.0 Å². The Labute approximate surface area is 180 Å². The summed E-state index contributed by atoms with van der Waals surface area (Å²) >= 11 is 1.87. The molecule has 1 aromatic heterocycles. The molecule has 2 N–H and O–H groups in total. The van der Waals surface area contributed by atoms with Crippen LogP contribution < -0.4 is 21.5 Å². The molecule has 162 valence electrons. The van der Waals surface area contributed by atoms with E-state index in [0.29, 0.717) is 17.9 Å². The number of hydrogen-bond donors (Lipinski definition) is 2. The highest BCUT2D eigenvalue weighted by molar-refractivity contribution is 7.97. The SMILES string of the molecule is CC(=O)N1CCN(SCCCCCCNc2c(Nc3ccncc3)c(=O)c2=O)CC1. The summed E-state index contributed by atoms with van der Waals surface area (Å²) < 4.78 is 2.35. The van der Waals surface area contributed by atoms with Gasteiger partial charge >= 0.3 is 0 Å². The van der Waals surface area contributed by atoms with Crippen molar-refractivity contribution in [2.24, 2.45) is 0 Å². The van der Waals surface area contributed by atoms with Crippen LogP contribution in [-0.2, 0) is 4.79 Å². The van der Waals surface area contributed by atoms with E-state index in [2.05, 4.69) is 19.9 Å². The van der Waals surface area contributed by atoms with Crippen molar-refractivity contribution in [1.82, 2.24) is 14.2 Å². The number of unbranched alkanes of at least 4 members (excludes halogenated alkanes) is 3. The summed E-state index contributed by atoms with van der Waals surface area (Å²) in [4.78, 5) is 40.8. The highest BCUT2D eigenvalue weighted by Gasteiger charge is 2.20. The maximum atomic E-state index is 11.8. The zero-order chi connectivity index (χ0) is 21.3. The number of amides is 1. The van der Waals surface area contributed by atoms with E-state index in [9.17, 15) is 14.4 Å². The number of piperazine rings is 1. The van der Waals surface area contributed by atoms with Crippen LogP contribution in [0.4, 0.5) is 17.1 Å². The number of carbonyl (C=O) groups is 1. The molecule has 1 saturated heterocycles. The standard InChI is InChI=1S/C21H29N5O3S/c1-16(27)25-11-13-26(14-12-25)30-15-5-3-2-4-8-23-18-19(21(29)20(18)28)24-17-6-9-22-10-7-17/h6-7,9-10,23H,2-5,8,11-15H2,1H3,(H,22,24). The lowest BCUT2D eigenvalue weighted by molar-refractivity contribution is -0.129. The highest BCUT2D eigenvalue weighted by atomic mass is 32.2. The molecule has 3 rings (SSSR count). The first-order chi connectivity index (χ1) is 14.6. The summed E-state index contributed by atoms with van der Waals surface area (Å²) in [5.74, 6) is 1.25. The monoisotopic (exact) mass is 431 g/mol. The summed E-state index contributed by atoms with van der Waals surface area (Å²) in [6.07, 6.45) is 7.57. The fraction of sp³-hybridized carbons (Fsp3) is 0.524. The summed E-state index contributed by atoms with van der Waals surface area (Å²) in [5.41, 5.74) is 0.535. The average Bonchev–Trinajstić information content (AvgIpc) is 2.77. The lowest BCUT2D eigenvalue weighted by atomic mass is 10.1. The van der Waals surface area contributed by atoms with Crippen LogP contribution in [0.5, 0.6) is 0 Å². The normalized spacial score (nSPS) is 14.8. The predicted octanol–water partition coefficient (Wildman–Crippen LogP) is 2.21. The predicted molar refractivity (Wildman–Crippen MR) is 122 cm³/mol. The van der Waals surface area contributed by atoms with Crippen molar-refractivity contribution < 1.29 is 4.79 Å². The van der Waals surface area contributed by atoms with Crippen molar-refractivity contribution in [3.05, 3.63) is 45.0 Å². The fourth-order valence-corrected chi connectivity index (χ4v) is 4.39. The van der Waals surface area contributed by atoms with Crippen LogP contribution >= 0.6 is 11.9 Å². The van der Waals surface area contributed by atoms with Gasteiger partial charge in [0.1, 0.15) is 11.4 Å². The van der Waals surface area contributed by atoms with Gasteiger partial charge in [0.15, 0.2) is 0 Å². The Kier molecular flexibility index (Phi) is 8.27. The first-order valence-electron chi connectivity index (χ1n) is 10.4. The molecule has 30 heavy (non-hydrogen) atoms. The van der Waals surface area contributed by atoms with Gasteiger partial charge in [-0.15, -0.1) is 0 Å². The number of carbonyl (C=O) groups excluding carboxylic acids is 1. The lowest BCUT2D eigenvalue weighted by Crippen LogP contribution is -2.45. The minimum atomic E-state index is -0.476. The Hall–Kier alpha value is -2.39. The van der Waals surface area contributed by atoms with Gasteiger partial charge in [0.25, 0.3) is 10.9 Å². The van der Waals surface area contributed by atoms with Crippen LogP contribution in [0.1, 0.15) is 32.6 Å². The third kappa shape index (κ3) is 6.06. The van der Waals surface area contributed by atoms with Crippen LogP contribution in [0.3, 0.4) is 0 Å². The maximum absolute atomic E-state index is 11.8. The maximum Gasteiger partial charge on any atom is 0.253 e. The summed E-state index contributed by atoms with van der Waals surface area (Å²) in [5, 5.41) is 6.11. The molecule has 0 aliphatic carbocycles. The lowest BCUT2D eigenvalue weighted by Gasteiger charge is -2.33. The molecule has 0 radical (unpaired) electrons. The van der Waals surface area contributed by atoms with Gasteiger partial charge in [-0.3, -0.25) is 19.4 Å². The van der Waals surface area contributed by atoms with E-state index in [1.54, 1.807) is 31.5 Å². The van der Waals surface area contributed by atoms with E-state index < -0.39 is 10.9 Å². The molecular weight excluding hydrogens is 402 g/mol. The van der Waals surface area contributed by atoms with E-state index in [1.165, 1.54) is 0 Å². The highest BCUT2D eigenvalue weighted by Crippen LogP contribution is 2.20. The second-order valence-electron chi connectivity index (χ2n) is 7.38. The minimum absolute atomic E-state index is 0.164. The zero-order valence-corrected chi connectivity index (χ0v) is 18.2. The van der Waals surface area contributed by atoms with Crippen molar-refractivity contribution in [3.8, 4) is 0 Å². The zero-order valence-electron chi connectivity index (χ0n) is 17.4. The molecule has 1 aromatic carbocycles. The van der Waals surface area contributed by atoms with Gasteiger partial charge in [0, 0.05) is 63.5 Å². The summed E-state index contributed by atoms with van der Waals surface area (Å²) in [7, 11) is 0. The van der Waals surface area contributed by atoms with Gasteiger partial charge < -0.3 is 15.5 Å². The molecule has 0 unspecified atom stereocenters. The molecule has 0 atom stereocenters. The average molecular weight is 432 g/mol. The van der Waals surface area contributed by atoms with Crippen LogP contribution in [-0.4, -0.2) is 58.6 Å². The Morgan fingerprint density at radius 1 is 1.00 bits per heavy atom. The molecule has 2 aromatic rings. The second kappa shape index (κ2) is 11.1. The number of nitrogens with zero attached hydrogens (tertiary/aromatic N) is 3. The minimum Gasteiger partial charge on any atom is -0.380 e. The number of pyridine rings is 1. The van der Waals surface area contributed by atoms with E-state index in [-0.39, 0.29) is 5.91 Å². The molecule has 8 nitrogen and oxygen atoms in total. The number of anilines is 3. The molecule has 0 bridgehead atoms. The third-order valence-corrected chi connectivity index (χ3v) is 6.39. The third-order valence-electron chi connectivity index (χ3n) is 5.19. The van der Waals surface area contributed by atoms with Crippen molar-refractivity contribution in [2.75, 3.05) is 49.1 Å². The first-order valence-corrected chi connectivity index (χ1v) is 11.4. The van der Waals surface area contributed by atoms with Crippen molar-refractivity contribution >= 4 is 34.9 Å². The van der Waals surface area contributed by atoms with Crippen LogP contribution in [0.25, 0.3) is 0 Å². The molecule has 1 aliphatic rings. The van der Waals surface area contributed by atoms with Crippen LogP contribution in [0, 0.1) is 0 Å². The quantitative estimate of drug-likeness (QED) is 0.318. The number of aromatic nitrogens is 1. The molecule has 0 saturated carbocycles. The van der Waals surface area contributed by atoms with Gasteiger partial charge in [-0.25, -0.2) is 4.31 Å². The van der Waals surface area contributed by atoms with E-state index in [1.807, 2.05) is 16.8 Å². The molecule has 9 heteroatoms. The molecule has 2 heterocycles. The molecular formula is C21H29N5O3S. The topological polar surface area (TPSA) is 94.6 Å². The van der Waals surface area contributed by atoms with Gasteiger partial charge in [-0.2, -0.15) is 0 Å². The first kappa shape index (κ1) is 22.3. The molecule has 1 amide bonds. The van der Waals surface area contributed by atoms with Crippen LogP contribution in [0.15, 0.2) is 34.1 Å². The smallest absolute Gasteiger partial charge is 0.253 e. The Balaban J connectivity index is 1.26. The number of nitrogens with one attached hydrogen (secondary N) is 2. The van der Waals surface area contributed by atoms with Gasteiger partial charge in [0.2, 0.25) is 5.91 Å². The van der Waals surface area contributed by atoms with E-state index in [0.717, 1.165) is 63.3 Å². The Morgan fingerprint density at radius 2 is 1.67 bits per heavy atom. The van der Waals surface area contributed by atoms with Crippen molar-refractivity contribution in [2.45, 2.75) is 32.6 Å². The largest absolute Gasteiger partial charge is 0.380 e. The Morgan fingerprint density at radius 3 is 2.37 bits per heavy atom. The van der Waals surface area contributed by atoms with E-state index >= 15 is 0 Å².